The zero-order chi connectivity index (χ0) is 9.80. The molecule has 1 saturated heterocycles. The van der Waals surface area contributed by atoms with E-state index in [1.807, 2.05) is 0 Å². The number of likely N-dealkylation sites (tertiary alicyclic amines) is 1. The molecule has 1 fully saturated rings. The predicted molar refractivity (Wildman–Crippen MR) is 73.4 cm³/mol. The van der Waals surface area contributed by atoms with Gasteiger partial charge in [-0.05, 0) is 24.9 Å². The molecule has 1 aromatic rings. The smallest absolute Gasteiger partial charge is 0.0234 e. The van der Waals surface area contributed by atoms with Crippen molar-refractivity contribution in [2.45, 2.75) is 25.4 Å². The van der Waals surface area contributed by atoms with Gasteiger partial charge in [-0.15, -0.1) is 24.8 Å². The van der Waals surface area contributed by atoms with Crippen LogP contribution in [0.5, 0.6) is 0 Å². The Hall–Kier alpha value is -0.280. The maximum atomic E-state index is 5.94. The fourth-order valence-corrected chi connectivity index (χ4v) is 2.08. The molecule has 1 aliphatic heterocycles. The Labute approximate surface area is 110 Å². The van der Waals surface area contributed by atoms with E-state index in [2.05, 4.69) is 35.2 Å². The monoisotopic (exact) mass is 262 g/mol. The molecule has 0 amide bonds. The zero-order valence-corrected chi connectivity index (χ0v) is 11.0. The van der Waals surface area contributed by atoms with Crippen LogP contribution in [0.1, 0.15) is 18.4 Å². The maximum Gasteiger partial charge on any atom is 0.0234 e. The van der Waals surface area contributed by atoms with Gasteiger partial charge in [-0.2, -0.15) is 0 Å². The molecular formula is C12H20Cl2N2. The molecule has 0 saturated carbocycles. The number of nitrogens with two attached hydrogens (primary N) is 1. The fourth-order valence-electron chi connectivity index (χ4n) is 2.08. The maximum absolute atomic E-state index is 5.94. The van der Waals surface area contributed by atoms with E-state index in [0.717, 1.165) is 13.1 Å². The van der Waals surface area contributed by atoms with E-state index in [4.69, 9.17) is 5.73 Å². The lowest BCUT2D eigenvalue weighted by Crippen LogP contribution is -2.42. The van der Waals surface area contributed by atoms with Crippen LogP contribution in [0.3, 0.4) is 0 Å². The highest BCUT2D eigenvalue weighted by Crippen LogP contribution is 2.11. The third-order valence-corrected chi connectivity index (χ3v) is 2.79. The number of rotatable bonds is 2. The van der Waals surface area contributed by atoms with Gasteiger partial charge in [0.05, 0.1) is 0 Å². The van der Waals surface area contributed by atoms with Gasteiger partial charge in [-0.25, -0.2) is 0 Å². The highest BCUT2D eigenvalue weighted by molar-refractivity contribution is 5.85. The standard InChI is InChI=1S/C12H18N2.2ClH/c13-12-7-4-8-14(10-12)9-11-5-2-1-3-6-11;;/h1-3,5-6,12H,4,7-10,13H2;2*1H/t12-;;/m1../s1. The zero-order valence-electron chi connectivity index (χ0n) is 9.34. The van der Waals surface area contributed by atoms with Crippen molar-refractivity contribution in [3.05, 3.63) is 35.9 Å². The molecule has 0 unspecified atom stereocenters. The summed E-state index contributed by atoms with van der Waals surface area (Å²) in [6.07, 6.45) is 2.43. The van der Waals surface area contributed by atoms with Crippen LogP contribution in [0, 0.1) is 0 Å². The Kier molecular flexibility index (Phi) is 7.77. The lowest BCUT2D eigenvalue weighted by atomic mass is 10.1. The summed E-state index contributed by atoms with van der Waals surface area (Å²) in [7, 11) is 0. The Morgan fingerprint density at radius 3 is 2.50 bits per heavy atom. The SMILES string of the molecule is Cl.Cl.N[C@@H]1CCCN(Cc2ccccc2)C1. The lowest BCUT2D eigenvalue weighted by molar-refractivity contribution is 0.201. The Morgan fingerprint density at radius 2 is 1.88 bits per heavy atom. The number of hydrogen-bond donors (Lipinski definition) is 1. The minimum atomic E-state index is 0. The molecular weight excluding hydrogens is 243 g/mol. The minimum absolute atomic E-state index is 0. The summed E-state index contributed by atoms with van der Waals surface area (Å²) in [5, 5.41) is 0. The molecule has 0 bridgehead atoms. The number of hydrogen-bond acceptors (Lipinski definition) is 2. The van der Waals surface area contributed by atoms with Crippen LogP contribution in [0.25, 0.3) is 0 Å². The second-order valence-corrected chi connectivity index (χ2v) is 4.12. The summed E-state index contributed by atoms with van der Waals surface area (Å²) in [6, 6.07) is 11.0. The van der Waals surface area contributed by atoms with Gasteiger partial charge >= 0.3 is 0 Å². The van der Waals surface area contributed by atoms with E-state index < -0.39 is 0 Å². The first kappa shape index (κ1) is 15.7. The van der Waals surface area contributed by atoms with E-state index >= 15 is 0 Å². The average molecular weight is 263 g/mol. The van der Waals surface area contributed by atoms with Crippen LogP contribution in [0.4, 0.5) is 0 Å². The Bertz CT molecular complexity index is 280. The first-order valence-corrected chi connectivity index (χ1v) is 5.36. The molecule has 1 aromatic carbocycles. The van der Waals surface area contributed by atoms with Gasteiger partial charge < -0.3 is 5.73 Å². The first-order chi connectivity index (χ1) is 6.84. The van der Waals surface area contributed by atoms with Crippen molar-refractivity contribution in [3.8, 4) is 0 Å². The molecule has 0 aliphatic carbocycles. The van der Waals surface area contributed by atoms with Crippen molar-refractivity contribution < 1.29 is 0 Å². The van der Waals surface area contributed by atoms with Crippen molar-refractivity contribution in [1.82, 2.24) is 4.90 Å². The highest BCUT2D eigenvalue weighted by Gasteiger charge is 2.15. The third-order valence-electron chi connectivity index (χ3n) is 2.79. The number of nitrogens with zero attached hydrogens (tertiary/aromatic N) is 1. The summed E-state index contributed by atoms with van der Waals surface area (Å²) in [5.74, 6) is 0. The average Bonchev–Trinajstić information content (AvgIpc) is 2.19. The van der Waals surface area contributed by atoms with Gasteiger partial charge in [0.15, 0.2) is 0 Å². The second kappa shape index (κ2) is 7.91. The summed E-state index contributed by atoms with van der Waals surface area (Å²) in [6.45, 7) is 3.30. The van der Waals surface area contributed by atoms with Crippen LogP contribution in [0.15, 0.2) is 30.3 Å². The highest BCUT2D eigenvalue weighted by atomic mass is 35.5. The quantitative estimate of drug-likeness (QED) is 0.888. The molecule has 0 spiro atoms. The normalized spacial score (nSPS) is 20.7. The van der Waals surface area contributed by atoms with Crippen molar-refractivity contribution in [2.75, 3.05) is 13.1 Å². The van der Waals surface area contributed by atoms with Crippen LogP contribution in [0.2, 0.25) is 0 Å². The minimum Gasteiger partial charge on any atom is -0.327 e. The van der Waals surface area contributed by atoms with Crippen LogP contribution < -0.4 is 5.73 Å². The van der Waals surface area contributed by atoms with Crippen molar-refractivity contribution in [1.29, 1.82) is 0 Å². The first-order valence-electron chi connectivity index (χ1n) is 5.36. The number of piperidine rings is 1. The molecule has 1 heterocycles. The Morgan fingerprint density at radius 1 is 1.19 bits per heavy atom. The summed E-state index contributed by atoms with van der Waals surface area (Å²) >= 11 is 0. The van der Waals surface area contributed by atoms with Gasteiger partial charge in [0, 0.05) is 19.1 Å². The number of halogens is 2. The van der Waals surface area contributed by atoms with E-state index in [9.17, 15) is 0 Å². The molecule has 16 heavy (non-hydrogen) atoms. The van der Waals surface area contributed by atoms with E-state index in [1.54, 1.807) is 0 Å². The molecule has 1 aliphatic rings. The second-order valence-electron chi connectivity index (χ2n) is 4.12. The lowest BCUT2D eigenvalue weighted by Gasteiger charge is -2.30. The molecule has 0 radical (unpaired) electrons. The third kappa shape index (κ3) is 4.71. The summed E-state index contributed by atoms with van der Waals surface area (Å²) in [4.78, 5) is 2.45. The molecule has 2 N–H and O–H groups in total. The molecule has 1 atom stereocenters. The molecule has 92 valence electrons. The molecule has 2 nitrogen and oxygen atoms in total. The van der Waals surface area contributed by atoms with E-state index in [1.165, 1.54) is 24.9 Å². The largest absolute Gasteiger partial charge is 0.327 e. The van der Waals surface area contributed by atoms with E-state index in [0.29, 0.717) is 6.04 Å². The number of benzene rings is 1. The summed E-state index contributed by atoms with van der Waals surface area (Å²) < 4.78 is 0. The molecule has 0 aromatic heterocycles. The van der Waals surface area contributed by atoms with Crippen molar-refractivity contribution in [2.24, 2.45) is 5.73 Å². The predicted octanol–water partition coefficient (Wildman–Crippen LogP) is 2.45. The van der Waals surface area contributed by atoms with Crippen LogP contribution >= 0.6 is 24.8 Å². The summed E-state index contributed by atoms with van der Waals surface area (Å²) in [5.41, 5.74) is 7.33. The van der Waals surface area contributed by atoms with Gasteiger partial charge in [-0.3, -0.25) is 4.90 Å². The van der Waals surface area contributed by atoms with Gasteiger partial charge in [0.1, 0.15) is 0 Å². The Balaban J connectivity index is 0.00000112. The van der Waals surface area contributed by atoms with Gasteiger partial charge in [0.25, 0.3) is 0 Å². The fraction of sp³-hybridized carbons (Fsp3) is 0.500. The van der Waals surface area contributed by atoms with Gasteiger partial charge in [-0.1, -0.05) is 30.3 Å². The topological polar surface area (TPSA) is 29.3 Å². The van der Waals surface area contributed by atoms with Crippen LogP contribution in [-0.2, 0) is 6.54 Å². The van der Waals surface area contributed by atoms with Crippen LogP contribution in [-0.4, -0.2) is 24.0 Å². The molecule has 2 rings (SSSR count). The van der Waals surface area contributed by atoms with E-state index in [-0.39, 0.29) is 24.8 Å². The van der Waals surface area contributed by atoms with Crippen molar-refractivity contribution >= 4 is 24.8 Å². The van der Waals surface area contributed by atoms with Gasteiger partial charge in [0.2, 0.25) is 0 Å². The molecule has 4 heteroatoms. The van der Waals surface area contributed by atoms with Crippen molar-refractivity contribution in [3.63, 3.8) is 0 Å².